The maximum atomic E-state index is 6.33. The molecule has 3 N–H and O–H groups in total. The first kappa shape index (κ1) is 28.5. The highest BCUT2D eigenvalue weighted by molar-refractivity contribution is 7.17. The molecule has 11 rings (SSSR count). The normalized spacial score (nSPS) is 19.3. The van der Waals surface area contributed by atoms with Crippen LogP contribution in [0.3, 0.4) is 0 Å². The van der Waals surface area contributed by atoms with E-state index in [0.29, 0.717) is 0 Å². The highest BCUT2D eigenvalue weighted by Crippen LogP contribution is 2.38. The van der Waals surface area contributed by atoms with E-state index < -0.39 is 0 Å². The quantitative estimate of drug-likeness (QED) is 0.165. The average Bonchev–Trinajstić information content (AvgIpc) is 3.75. The van der Waals surface area contributed by atoms with Crippen LogP contribution in [0.5, 0.6) is 0 Å². The smallest absolute Gasteiger partial charge is 0.135 e. The molecule has 0 spiro atoms. The Balaban J connectivity index is 1.05. The number of benzene rings is 7. The zero-order valence-corrected chi connectivity index (χ0v) is 28.1. The lowest BCUT2D eigenvalue weighted by atomic mass is 9.95. The lowest BCUT2D eigenvalue weighted by Gasteiger charge is -2.40. The van der Waals surface area contributed by atoms with Gasteiger partial charge in [-0.1, -0.05) is 115 Å². The van der Waals surface area contributed by atoms with Crippen LogP contribution in [0.2, 0.25) is 0 Å². The summed E-state index contributed by atoms with van der Waals surface area (Å²) in [4.78, 5) is 0. The van der Waals surface area contributed by atoms with E-state index in [-0.39, 0.29) is 18.5 Å². The van der Waals surface area contributed by atoms with Gasteiger partial charge in [-0.2, -0.15) is 0 Å². The van der Waals surface area contributed by atoms with Crippen LogP contribution in [0.4, 0.5) is 0 Å². The first-order valence-corrected chi connectivity index (χ1v) is 18.3. The molecule has 4 nitrogen and oxygen atoms in total. The van der Waals surface area contributed by atoms with Gasteiger partial charge in [0.15, 0.2) is 0 Å². The molecule has 9 aromatic rings. The van der Waals surface area contributed by atoms with Crippen molar-refractivity contribution in [1.82, 2.24) is 16.0 Å². The summed E-state index contributed by atoms with van der Waals surface area (Å²) in [6.07, 6.45) is 6.72. The maximum Gasteiger partial charge on any atom is 0.135 e. The Morgan fingerprint density at radius 3 is 2.04 bits per heavy atom. The van der Waals surface area contributed by atoms with Crippen LogP contribution in [0.15, 0.2) is 132 Å². The fraction of sp³-hybridized carbons (Fsp3) is 0.111. The summed E-state index contributed by atoms with van der Waals surface area (Å²) < 4.78 is 9.07. The largest absolute Gasteiger partial charge is 0.456 e. The number of furan rings is 1. The lowest BCUT2D eigenvalue weighted by molar-refractivity contribution is 0.204. The maximum absolute atomic E-state index is 6.33. The van der Waals surface area contributed by atoms with Crippen LogP contribution < -0.4 is 25.7 Å². The molecule has 50 heavy (non-hydrogen) atoms. The average molecular weight is 664 g/mol. The molecule has 3 unspecified atom stereocenters. The zero-order chi connectivity index (χ0) is 32.8. The monoisotopic (exact) mass is 663 g/mol. The zero-order valence-electron chi connectivity index (χ0n) is 27.2. The number of para-hydroxylation sites is 1. The predicted molar refractivity (Wildman–Crippen MR) is 210 cm³/mol. The van der Waals surface area contributed by atoms with Gasteiger partial charge in [0.2, 0.25) is 0 Å². The van der Waals surface area contributed by atoms with Gasteiger partial charge in [-0.15, -0.1) is 11.3 Å². The second-order valence-corrected chi connectivity index (χ2v) is 14.8. The fourth-order valence-electron chi connectivity index (χ4n) is 8.41. The molecule has 0 saturated carbocycles. The van der Waals surface area contributed by atoms with Gasteiger partial charge in [-0.3, -0.25) is 16.0 Å². The number of hydrogen-bond donors (Lipinski definition) is 3. The Morgan fingerprint density at radius 1 is 0.500 bits per heavy atom. The van der Waals surface area contributed by atoms with Crippen LogP contribution in [0.1, 0.15) is 48.0 Å². The minimum absolute atomic E-state index is 0.0881. The topological polar surface area (TPSA) is 49.2 Å². The molecule has 0 radical (unpaired) electrons. The van der Waals surface area contributed by atoms with E-state index >= 15 is 0 Å². The summed E-state index contributed by atoms with van der Waals surface area (Å²) in [5, 5.41) is 24.6. The fourth-order valence-corrected chi connectivity index (χ4v) is 9.64. The van der Waals surface area contributed by atoms with E-state index in [9.17, 15) is 0 Å². The molecule has 3 heterocycles. The summed E-state index contributed by atoms with van der Waals surface area (Å²) in [7, 11) is 0. The molecular formula is C45H33N3OS. The van der Waals surface area contributed by atoms with E-state index in [1.807, 2.05) is 17.4 Å². The number of rotatable bonds is 3. The molecule has 5 heteroatoms. The third-order valence-electron chi connectivity index (χ3n) is 10.8. The molecule has 7 aromatic carbocycles. The second kappa shape index (κ2) is 11.1. The van der Waals surface area contributed by atoms with Crippen LogP contribution in [-0.2, 0) is 0 Å². The van der Waals surface area contributed by atoms with Crippen molar-refractivity contribution in [1.29, 1.82) is 0 Å². The third kappa shape index (κ3) is 4.41. The molecule has 1 saturated heterocycles. The molecule has 2 aromatic heterocycles. The van der Waals surface area contributed by atoms with Crippen molar-refractivity contribution in [3.63, 3.8) is 0 Å². The first-order chi connectivity index (χ1) is 24.7. The second-order valence-electron chi connectivity index (χ2n) is 13.7. The number of thiophene rings is 1. The van der Waals surface area contributed by atoms with Gasteiger partial charge in [-0.05, 0) is 96.7 Å². The first-order valence-electron chi connectivity index (χ1n) is 17.5. The van der Waals surface area contributed by atoms with Gasteiger partial charge >= 0.3 is 0 Å². The highest BCUT2D eigenvalue weighted by atomic mass is 32.1. The lowest BCUT2D eigenvalue weighted by Crippen LogP contribution is -2.54. The number of fused-ring (bicyclic) bond motifs is 11. The molecular weight excluding hydrogens is 631 g/mol. The van der Waals surface area contributed by atoms with Crippen molar-refractivity contribution in [2.45, 2.75) is 31.3 Å². The van der Waals surface area contributed by atoms with Crippen molar-refractivity contribution in [2.24, 2.45) is 0 Å². The van der Waals surface area contributed by atoms with Crippen molar-refractivity contribution in [2.75, 3.05) is 0 Å². The molecule has 1 aliphatic heterocycles. The Hall–Kier alpha value is -5.30. The van der Waals surface area contributed by atoms with Crippen molar-refractivity contribution in [3.8, 4) is 0 Å². The third-order valence-corrected chi connectivity index (χ3v) is 12.0. The van der Waals surface area contributed by atoms with Gasteiger partial charge in [0, 0.05) is 20.0 Å². The minimum Gasteiger partial charge on any atom is -0.456 e. The minimum atomic E-state index is -0.136. The molecule has 3 atom stereocenters. The molecule has 0 amide bonds. The van der Waals surface area contributed by atoms with Crippen molar-refractivity contribution in [3.05, 3.63) is 154 Å². The number of nitrogens with one attached hydrogen (secondary N) is 3. The molecule has 1 fully saturated rings. The Bertz CT molecular complexity index is 2960. The van der Waals surface area contributed by atoms with Gasteiger partial charge < -0.3 is 4.42 Å². The van der Waals surface area contributed by atoms with Gasteiger partial charge in [-0.25, -0.2) is 0 Å². The van der Waals surface area contributed by atoms with Crippen molar-refractivity contribution < 1.29 is 4.42 Å². The Kier molecular flexibility index (Phi) is 6.34. The van der Waals surface area contributed by atoms with Crippen LogP contribution in [0.25, 0.3) is 76.5 Å². The van der Waals surface area contributed by atoms with Crippen LogP contribution in [-0.4, -0.2) is 0 Å². The SMILES string of the molecule is C1=c2sc3cc(C4NC(c5ccc6c(ccc7c8ccccc8ccc67)c5)NC(c5cccc6oc7ccccc7c56)N4)ccc3c2=CCC1. The van der Waals surface area contributed by atoms with E-state index in [1.54, 1.807) is 0 Å². The summed E-state index contributed by atoms with van der Waals surface area (Å²) in [5.74, 6) is 0. The summed E-state index contributed by atoms with van der Waals surface area (Å²) in [5.41, 5.74) is 5.43. The molecule has 0 bridgehead atoms. The van der Waals surface area contributed by atoms with E-state index in [2.05, 4.69) is 149 Å². The highest BCUT2D eigenvalue weighted by Gasteiger charge is 2.31. The van der Waals surface area contributed by atoms with Crippen LogP contribution >= 0.6 is 11.3 Å². The molecule has 240 valence electrons. The summed E-state index contributed by atoms with van der Waals surface area (Å²) in [6, 6.07) is 46.4. The molecule has 1 aliphatic carbocycles. The van der Waals surface area contributed by atoms with Crippen molar-refractivity contribution >= 4 is 87.8 Å². The summed E-state index contributed by atoms with van der Waals surface area (Å²) in [6.45, 7) is 0. The van der Waals surface area contributed by atoms with Gasteiger partial charge in [0.05, 0.1) is 18.5 Å². The Labute approximate surface area is 292 Å². The van der Waals surface area contributed by atoms with Gasteiger partial charge in [0.25, 0.3) is 0 Å². The number of hydrogen-bond acceptors (Lipinski definition) is 5. The van der Waals surface area contributed by atoms with Gasteiger partial charge in [0.1, 0.15) is 11.2 Å². The van der Waals surface area contributed by atoms with E-state index in [0.717, 1.165) is 34.8 Å². The standard InChI is InChI=1S/C45H33N3OS/c1-2-9-30-26(8-1)16-21-33-31-20-18-28(24-27(31)17-22-32(30)33)43-46-44(29-19-23-35-34-10-4-6-15-40(34)50-41(35)25-29)48-45(47-43)37-12-7-14-39-42(37)36-11-3-5-13-38(36)49-39/h1-3,5,7-25,43-48H,4,6H2. The summed E-state index contributed by atoms with van der Waals surface area (Å²) >= 11 is 1.91. The predicted octanol–water partition coefficient (Wildman–Crippen LogP) is 9.79. The van der Waals surface area contributed by atoms with E-state index in [1.165, 1.54) is 68.8 Å². The van der Waals surface area contributed by atoms with Crippen LogP contribution in [0, 0.1) is 0 Å². The molecule has 2 aliphatic rings. The van der Waals surface area contributed by atoms with E-state index in [4.69, 9.17) is 4.42 Å². The Morgan fingerprint density at radius 2 is 1.16 bits per heavy atom.